The van der Waals surface area contributed by atoms with Crippen molar-refractivity contribution in [3.8, 4) is 0 Å². The third-order valence-electron chi connectivity index (χ3n) is 3.20. The second-order valence-electron chi connectivity index (χ2n) is 4.94. The fraction of sp³-hybridized carbons (Fsp3) is 0.200. The molecular formula is C15H15O4S2-. The Morgan fingerprint density at radius 2 is 1.43 bits per heavy atom. The van der Waals surface area contributed by atoms with Crippen LogP contribution in [-0.2, 0) is 20.9 Å². The van der Waals surface area contributed by atoms with E-state index in [1.165, 1.54) is 24.3 Å². The fourth-order valence-corrected chi connectivity index (χ4v) is 4.49. The van der Waals surface area contributed by atoms with Crippen molar-refractivity contribution in [3.63, 3.8) is 0 Å². The fourth-order valence-electron chi connectivity index (χ4n) is 2.44. The molecule has 2 rings (SSSR count). The lowest BCUT2D eigenvalue weighted by molar-refractivity contribution is 0.537. The highest BCUT2D eigenvalue weighted by atomic mass is 32.2. The van der Waals surface area contributed by atoms with E-state index in [9.17, 15) is 17.2 Å². The molecule has 0 bridgehead atoms. The number of benzene rings is 2. The quantitative estimate of drug-likeness (QED) is 0.814. The zero-order valence-electron chi connectivity index (χ0n) is 11.9. The summed E-state index contributed by atoms with van der Waals surface area (Å²) in [5, 5.41) is 0. The standard InChI is InChI=1S/C15H16O4S2/c1-10-8-11(2)15(12(3)9-10)21(18,19)14-6-4-13(5-7-14)20(16)17/h4-9H,1-3H3,(H,16,17)/p-1. The Kier molecular flexibility index (Phi) is 4.32. The summed E-state index contributed by atoms with van der Waals surface area (Å²) >= 11 is -2.37. The normalized spacial score (nSPS) is 13.1. The van der Waals surface area contributed by atoms with Gasteiger partial charge in [0.1, 0.15) is 0 Å². The van der Waals surface area contributed by atoms with Crippen LogP contribution in [0.2, 0.25) is 0 Å². The molecule has 6 heteroatoms. The van der Waals surface area contributed by atoms with E-state index < -0.39 is 20.9 Å². The van der Waals surface area contributed by atoms with Gasteiger partial charge in [0.2, 0.25) is 9.84 Å². The van der Waals surface area contributed by atoms with Crippen LogP contribution in [0.15, 0.2) is 51.1 Å². The lowest BCUT2D eigenvalue weighted by atomic mass is 10.1. The van der Waals surface area contributed by atoms with Gasteiger partial charge in [-0.2, -0.15) is 0 Å². The summed E-state index contributed by atoms with van der Waals surface area (Å²) in [6.45, 7) is 5.43. The van der Waals surface area contributed by atoms with Crippen molar-refractivity contribution in [1.82, 2.24) is 0 Å². The Labute approximate surface area is 127 Å². The van der Waals surface area contributed by atoms with Crippen LogP contribution in [0.5, 0.6) is 0 Å². The van der Waals surface area contributed by atoms with Gasteiger partial charge in [0, 0.05) is 4.90 Å². The first-order valence-corrected chi connectivity index (χ1v) is 8.81. The van der Waals surface area contributed by atoms with E-state index in [1.54, 1.807) is 13.8 Å². The second-order valence-corrected chi connectivity index (χ2v) is 7.76. The molecule has 0 aliphatic rings. The molecule has 112 valence electrons. The zero-order valence-corrected chi connectivity index (χ0v) is 13.5. The summed E-state index contributed by atoms with van der Waals surface area (Å²) < 4.78 is 47.1. The van der Waals surface area contributed by atoms with Gasteiger partial charge in [-0.3, -0.25) is 4.21 Å². The highest BCUT2D eigenvalue weighted by Crippen LogP contribution is 2.28. The highest BCUT2D eigenvalue weighted by Gasteiger charge is 2.22. The van der Waals surface area contributed by atoms with E-state index in [1.807, 2.05) is 19.1 Å². The molecule has 0 saturated carbocycles. The molecule has 0 aliphatic heterocycles. The van der Waals surface area contributed by atoms with E-state index in [4.69, 9.17) is 0 Å². The van der Waals surface area contributed by atoms with Gasteiger partial charge in [-0.05, 0) is 67.2 Å². The number of hydrogen-bond acceptors (Lipinski definition) is 4. The smallest absolute Gasteiger partial charge is 0.207 e. The van der Waals surface area contributed by atoms with Crippen molar-refractivity contribution in [2.75, 3.05) is 0 Å². The average Bonchev–Trinajstić information content (AvgIpc) is 2.37. The molecule has 0 amide bonds. The third kappa shape index (κ3) is 3.07. The minimum Gasteiger partial charge on any atom is -0.768 e. The van der Waals surface area contributed by atoms with Crippen LogP contribution >= 0.6 is 0 Å². The number of sulfone groups is 1. The van der Waals surface area contributed by atoms with Gasteiger partial charge in [0.15, 0.2) is 0 Å². The summed E-state index contributed by atoms with van der Waals surface area (Å²) in [5.41, 5.74) is 2.37. The van der Waals surface area contributed by atoms with Gasteiger partial charge in [0.05, 0.1) is 9.79 Å². The lowest BCUT2D eigenvalue weighted by Gasteiger charge is -2.13. The summed E-state index contributed by atoms with van der Waals surface area (Å²) in [6.07, 6.45) is 0. The summed E-state index contributed by atoms with van der Waals surface area (Å²) in [5.74, 6) is 0. The minimum absolute atomic E-state index is 0.0614. The van der Waals surface area contributed by atoms with Gasteiger partial charge < -0.3 is 4.55 Å². The number of aryl methyl sites for hydroxylation is 3. The van der Waals surface area contributed by atoms with Crippen molar-refractivity contribution in [2.45, 2.75) is 35.5 Å². The first-order chi connectivity index (χ1) is 9.73. The maximum atomic E-state index is 12.7. The molecule has 0 saturated heterocycles. The summed E-state index contributed by atoms with van der Waals surface area (Å²) in [6, 6.07) is 8.85. The van der Waals surface area contributed by atoms with Gasteiger partial charge in [-0.15, -0.1) is 0 Å². The highest BCUT2D eigenvalue weighted by molar-refractivity contribution is 7.91. The minimum atomic E-state index is -3.66. The molecule has 2 aromatic rings. The Bertz CT molecular complexity index is 783. The maximum absolute atomic E-state index is 12.7. The Morgan fingerprint density at radius 3 is 1.86 bits per heavy atom. The largest absolute Gasteiger partial charge is 0.768 e. The molecule has 1 atom stereocenters. The van der Waals surface area contributed by atoms with Crippen molar-refractivity contribution in [2.24, 2.45) is 0 Å². The molecule has 0 radical (unpaired) electrons. The van der Waals surface area contributed by atoms with Gasteiger partial charge in [-0.1, -0.05) is 17.7 Å². The van der Waals surface area contributed by atoms with Crippen LogP contribution in [0.1, 0.15) is 16.7 Å². The van der Waals surface area contributed by atoms with E-state index >= 15 is 0 Å². The molecule has 0 heterocycles. The molecule has 0 fully saturated rings. The zero-order chi connectivity index (χ0) is 15.8. The van der Waals surface area contributed by atoms with E-state index in [-0.39, 0.29) is 14.7 Å². The first kappa shape index (κ1) is 15.9. The molecule has 0 aromatic heterocycles. The van der Waals surface area contributed by atoms with Crippen LogP contribution in [-0.4, -0.2) is 17.2 Å². The van der Waals surface area contributed by atoms with Crippen LogP contribution in [0.3, 0.4) is 0 Å². The predicted molar refractivity (Wildman–Crippen MR) is 79.7 cm³/mol. The Balaban J connectivity index is 2.60. The Hall–Kier alpha value is -1.50. The lowest BCUT2D eigenvalue weighted by Crippen LogP contribution is -2.07. The number of hydrogen-bond donors (Lipinski definition) is 0. The third-order valence-corrected chi connectivity index (χ3v) is 5.93. The van der Waals surface area contributed by atoms with Crippen LogP contribution in [0.4, 0.5) is 0 Å². The van der Waals surface area contributed by atoms with Crippen LogP contribution in [0.25, 0.3) is 0 Å². The van der Waals surface area contributed by atoms with E-state index in [0.717, 1.165) is 5.56 Å². The second kappa shape index (κ2) is 5.71. The topological polar surface area (TPSA) is 74.3 Å². The monoisotopic (exact) mass is 323 g/mol. The molecule has 21 heavy (non-hydrogen) atoms. The van der Waals surface area contributed by atoms with Crippen LogP contribution in [0, 0.1) is 20.8 Å². The average molecular weight is 323 g/mol. The molecule has 0 N–H and O–H groups in total. The molecule has 0 aliphatic carbocycles. The van der Waals surface area contributed by atoms with Crippen molar-refractivity contribution in [1.29, 1.82) is 0 Å². The van der Waals surface area contributed by atoms with E-state index in [0.29, 0.717) is 11.1 Å². The molecule has 0 spiro atoms. The summed E-state index contributed by atoms with van der Waals surface area (Å²) in [7, 11) is -3.66. The summed E-state index contributed by atoms with van der Waals surface area (Å²) in [4.78, 5) is 0.433. The molecule has 2 aromatic carbocycles. The van der Waals surface area contributed by atoms with Crippen molar-refractivity contribution >= 4 is 20.9 Å². The van der Waals surface area contributed by atoms with Crippen LogP contribution < -0.4 is 0 Å². The first-order valence-electron chi connectivity index (χ1n) is 6.26. The SMILES string of the molecule is Cc1cc(C)c(S(=O)(=O)c2ccc(S(=O)[O-])cc2)c(C)c1. The molecular weight excluding hydrogens is 308 g/mol. The van der Waals surface area contributed by atoms with Gasteiger partial charge >= 0.3 is 0 Å². The maximum Gasteiger partial charge on any atom is 0.207 e. The van der Waals surface area contributed by atoms with Gasteiger partial charge in [0.25, 0.3) is 0 Å². The molecule has 1 unspecified atom stereocenters. The van der Waals surface area contributed by atoms with E-state index in [2.05, 4.69) is 0 Å². The Morgan fingerprint density at radius 1 is 0.952 bits per heavy atom. The van der Waals surface area contributed by atoms with Crippen molar-refractivity contribution < 1.29 is 17.2 Å². The molecule has 4 nitrogen and oxygen atoms in total. The van der Waals surface area contributed by atoms with Crippen molar-refractivity contribution in [3.05, 3.63) is 53.1 Å². The van der Waals surface area contributed by atoms with Gasteiger partial charge in [-0.25, -0.2) is 8.42 Å². The number of rotatable bonds is 3. The predicted octanol–water partition coefficient (Wildman–Crippen LogP) is 2.68.